The standard InChI is InChI=1S/C18H21N3O4/c1-12-8-9-15(10-17(12)21(24)25)13(2)19-18(23)20-16(11-22)14-6-4-3-5-7-14/h3-10,13,16,22H,11H2,1-2H3,(H2,19,20,23). The average Bonchev–Trinajstić information content (AvgIpc) is 2.60. The van der Waals surface area contributed by atoms with Crippen molar-refractivity contribution in [2.24, 2.45) is 0 Å². The molecule has 0 aromatic heterocycles. The molecule has 2 aromatic carbocycles. The molecule has 0 fully saturated rings. The smallest absolute Gasteiger partial charge is 0.315 e. The largest absolute Gasteiger partial charge is 0.394 e. The van der Waals surface area contributed by atoms with Gasteiger partial charge in [0.2, 0.25) is 0 Å². The van der Waals surface area contributed by atoms with Crippen molar-refractivity contribution in [2.75, 3.05) is 6.61 Å². The van der Waals surface area contributed by atoms with Crippen LogP contribution in [0, 0.1) is 17.0 Å². The summed E-state index contributed by atoms with van der Waals surface area (Å²) in [5.74, 6) is 0. The van der Waals surface area contributed by atoms with Crippen LogP contribution in [-0.4, -0.2) is 22.7 Å². The fourth-order valence-corrected chi connectivity index (χ4v) is 2.49. The monoisotopic (exact) mass is 343 g/mol. The number of hydrogen-bond acceptors (Lipinski definition) is 4. The number of aliphatic hydroxyl groups is 1. The molecule has 25 heavy (non-hydrogen) atoms. The van der Waals surface area contributed by atoms with E-state index in [4.69, 9.17) is 0 Å². The zero-order chi connectivity index (χ0) is 18.4. The number of urea groups is 1. The Hall–Kier alpha value is -2.93. The van der Waals surface area contributed by atoms with Crippen molar-refractivity contribution in [3.63, 3.8) is 0 Å². The molecular formula is C18H21N3O4. The first-order valence-electron chi connectivity index (χ1n) is 7.90. The van der Waals surface area contributed by atoms with Gasteiger partial charge in [0.25, 0.3) is 5.69 Å². The third-order valence-electron chi connectivity index (χ3n) is 3.97. The molecule has 0 radical (unpaired) electrons. The van der Waals surface area contributed by atoms with Crippen molar-refractivity contribution < 1.29 is 14.8 Å². The molecule has 0 spiro atoms. The summed E-state index contributed by atoms with van der Waals surface area (Å²) in [6.45, 7) is 3.17. The van der Waals surface area contributed by atoms with Gasteiger partial charge < -0.3 is 15.7 Å². The molecule has 0 aliphatic carbocycles. The summed E-state index contributed by atoms with van der Waals surface area (Å²) < 4.78 is 0. The van der Waals surface area contributed by atoms with Crippen LogP contribution in [0.15, 0.2) is 48.5 Å². The van der Waals surface area contributed by atoms with E-state index in [2.05, 4.69) is 10.6 Å². The number of hydrogen-bond donors (Lipinski definition) is 3. The highest BCUT2D eigenvalue weighted by molar-refractivity contribution is 5.75. The van der Waals surface area contributed by atoms with E-state index in [1.807, 2.05) is 30.3 Å². The Kier molecular flexibility index (Phi) is 6.08. The number of amides is 2. The first kappa shape index (κ1) is 18.4. The molecule has 2 aromatic rings. The molecule has 2 amide bonds. The number of carbonyl (C=O) groups is 1. The average molecular weight is 343 g/mol. The first-order valence-corrected chi connectivity index (χ1v) is 7.90. The van der Waals surface area contributed by atoms with Gasteiger partial charge >= 0.3 is 6.03 Å². The van der Waals surface area contributed by atoms with Crippen LogP contribution in [-0.2, 0) is 0 Å². The van der Waals surface area contributed by atoms with Gasteiger partial charge in [-0.15, -0.1) is 0 Å². The zero-order valence-corrected chi connectivity index (χ0v) is 14.1. The van der Waals surface area contributed by atoms with E-state index in [1.165, 1.54) is 6.07 Å². The van der Waals surface area contributed by atoms with Crippen molar-refractivity contribution in [3.8, 4) is 0 Å². The van der Waals surface area contributed by atoms with Crippen molar-refractivity contribution in [3.05, 3.63) is 75.3 Å². The van der Waals surface area contributed by atoms with E-state index in [1.54, 1.807) is 26.0 Å². The van der Waals surface area contributed by atoms with E-state index < -0.39 is 23.0 Å². The maximum atomic E-state index is 12.2. The second-order valence-electron chi connectivity index (χ2n) is 5.79. The van der Waals surface area contributed by atoms with Crippen LogP contribution >= 0.6 is 0 Å². The predicted molar refractivity (Wildman–Crippen MR) is 94.2 cm³/mol. The summed E-state index contributed by atoms with van der Waals surface area (Å²) in [7, 11) is 0. The highest BCUT2D eigenvalue weighted by atomic mass is 16.6. The molecule has 2 unspecified atom stereocenters. The summed E-state index contributed by atoms with van der Waals surface area (Å²) in [6, 6.07) is 12.6. The Balaban J connectivity index is 2.05. The molecule has 0 heterocycles. The van der Waals surface area contributed by atoms with Crippen molar-refractivity contribution in [2.45, 2.75) is 25.9 Å². The number of nitro groups is 1. The highest BCUT2D eigenvalue weighted by Crippen LogP contribution is 2.23. The molecule has 0 saturated carbocycles. The van der Waals surface area contributed by atoms with Gasteiger partial charge in [-0.05, 0) is 25.0 Å². The minimum atomic E-state index is -0.527. The van der Waals surface area contributed by atoms with E-state index in [0.29, 0.717) is 11.1 Å². The lowest BCUT2D eigenvalue weighted by atomic mass is 10.0. The molecule has 0 saturated heterocycles. The van der Waals surface area contributed by atoms with Crippen LogP contribution in [0.5, 0.6) is 0 Å². The summed E-state index contributed by atoms with van der Waals surface area (Å²) in [6.07, 6.45) is 0. The summed E-state index contributed by atoms with van der Waals surface area (Å²) >= 11 is 0. The SMILES string of the molecule is Cc1ccc(C(C)NC(=O)NC(CO)c2ccccc2)cc1[N+](=O)[O-]. The number of rotatable bonds is 6. The number of aliphatic hydroxyl groups excluding tert-OH is 1. The number of benzene rings is 2. The van der Waals surface area contributed by atoms with Gasteiger partial charge in [-0.2, -0.15) is 0 Å². The Labute approximate surface area is 145 Å². The number of nitrogens with one attached hydrogen (secondary N) is 2. The Morgan fingerprint density at radius 3 is 2.44 bits per heavy atom. The predicted octanol–water partition coefficient (Wildman–Crippen LogP) is 3.00. The van der Waals surface area contributed by atoms with Crippen molar-refractivity contribution >= 4 is 11.7 Å². The lowest BCUT2D eigenvalue weighted by Gasteiger charge is -2.20. The number of aryl methyl sites for hydroxylation is 1. The fourth-order valence-electron chi connectivity index (χ4n) is 2.49. The summed E-state index contributed by atoms with van der Waals surface area (Å²) in [5.41, 5.74) is 2.00. The van der Waals surface area contributed by atoms with Crippen LogP contribution in [0.4, 0.5) is 10.5 Å². The first-order chi connectivity index (χ1) is 11.9. The number of nitro benzene ring substituents is 1. The Bertz CT molecular complexity index is 749. The summed E-state index contributed by atoms with van der Waals surface area (Å²) in [5, 5.41) is 26.0. The van der Waals surface area contributed by atoms with Gasteiger partial charge in [0.15, 0.2) is 0 Å². The molecular weight excluding hydrogens is 322 g/mol. The van der Waals surface area contributed by atoms with E-state index in [9.17, 15) is 20.0 Å². The lowest BCUT2D eigenvalue weighted by molar-refractivity contribution is -0.385. The molecule has 3 N–H and O–H groups in total. The molecule has 2 atom stereocenters. The Morgan fingerprint density at radius 2 is 1.84 bits per heavy atom. The second-order valence-corrected chi connectivity index (χ2v) is 5.79. The molecule has 0 aliphatic heterocycles. The minimum absolute atomic E-state index is 0.0177. The minimum Gasteiger partial charge on any atom is -0.394 e. The second kappa shape index (κ2) is 8.25. The maximum Gasteiger partial charge on any atom is 0.315 e. The van der Waals surface area contributed by atoms with Gasteiger partial charge in [0.1, 0.15) is 0 Å². The molecule has 7 heteroatoms. The normalized spacial score (nSPS) is 12.9. The lowest BCUT2D eigenvalue weighted by Crippen LogP contribution is -2.40. The maximum absolute atomic E-state index is 12.2. The van der Waals surface area contributed by atoms with Gasteiger partial charge in [0.05, 0.1) is 23.6 Å². The van der Waals surface area contributed by atoms with Crippen LogP contribution in [0.1, 0.15) is 35.7 Å². The van der Waals surface area contributed by atoms with Gasteiger partial charge in [-0.1, -0.05) is 42.5 Å². The number of carbonyl (C=O) groups excluding carboxylic acids is 1. The Morgan fingerprint density at radius 1 is 1.16 bits per heavy atom. The quantitative estimate of drug-likeness (QED) is 0.554. The van der Waals surface area contributed by atoms with Gasteiger partial charge in [-0.3, -0.25) is 10.1 Å². The third-order valence-corrected chi connectivity index (χ3v) is 3.97. The van der Waals surface area contributed by atoms with Crippen LogP contribution in [0.3, 0.4) is 0 Å². The fraction of sp³-hybridized carbons (Fsp3) is 0.278. The summed E-state index contributed by atoms with van der Waals surface area (Å²) in [4.78, 5) is 22.8. The van der Waals surface area contributed by atoms with Crippen LogP contribution in [0.25, 0.3) is 0 Å². The van der Waals surface area contributed by atoms with E-state index in [0.717, 1.165) is 5.56 Å². The van der Waals surface area contributed by atoms with Crippen LogP contribution in [0.2, 0.25) is 0 Å². The molecule has 2 rings (SSSR count). The van der Waals surface area contributed by atoms with Crippen molar-refractivity contribution in [1.29, 1.82) is 0 Å². The zero-order valence-electron chi connectivity index (χ0n) is 14.1. The molecule has 0 aliphatic rings. The third kappa shape index (κ3) is 4.77. The van der Waals surface area contributed by atoms with Gasteiger partial charge in [0, 0.05) is 11.6 Å². The van der Waals surface area contributed by atoms with E-state index >= 15 is 0 Å². The molecule has 0 bridgehead atoms. The van der Waals surface area contributed by atoms with Crippen LogP contribution < -0.4 is 10.6 Å². The molecule has 132 valence electrons. The topological polar surface area (TPSA) is 104 Å². The van der Waals surface area contributed by atoms with Crippen molar-refractivity contribution in [1.82, 2.24) is 10.6 Å². The number of nitrogens with zero attached hydrogens (tertiary/aromatic N) is 1. The molecule has 7 nitrogen and oxygen atoms in total. The highest BCUT2D eigenvalue weighted by Gasteiger charge is 2.18. The van der Waals surface area contributed by atoms with Gasteiger partial charge in [-0.25, -0.2) is 4.79 Å². The van der Waals surface area contributed by atoms with E-state index in [-0.39, 0.29) is 12.3 Å².